The summed E-state index contributed by atoms with van der Waals surface area (Å²) in [7, 11) is 0. The van der Waals surface area contributed by atoms with Crippen molar-refractivity contribution < 1.29 is 25.2 Å². The number of hydrogen-bond donors (Lipinski definition) is 4. The van der Waals surface area contributed by atoms with Crippen molar-refractivity contribution in [2.75, 3.05) is 0 Å². The standard InChI is InChI=1S/C26H30O5/c1-16(10-19-4-8-23(28)24(29)13-19)17(2)11-20-6-9-26(25(30)14-20)31-15-21-5-7-22(27)18(3)12-21/h4-9,12-14,16-17,27-30H,10-11,15H2,1-3H3. The molecule has 3 aromatic carbocycles. The van der Waals surface area contributed by atoms with Gasteiger partial charge in [0.1, 0.15) is 12.4 Å². The Morgan fingerprint density at radius 1 is 0.645 bits per heavy atom. The third-order valence-corrected chi connectivity index (χ3v) is 5.81. The van der Waals surface area contributed by atoms with Crippen molar-refractivity contribution in [3.63, 3.8) is 0 Å². The topological polar surface area (TPSA) is 90.2 Å². The minimum Gasteiger partial charge on any atom is -0.508 e. The molecule has 31 heavy (non-hydrogen) atoms. The highest BCUT2D eigenvalue weighted by atomic mass is 16.5. The van der Waals surface area contributed by atoms with E-state index in [0.717, 1.165) is 35.1 Å². The van der Waals surface area contributed by atoms with Gasteiger partial charge in [-0.15, -0.1) is 0 Å². The van der Waals surface area contributed by atoms with E-state index in [9.17, 15) is 20.4 Å². The predicted molar refractivity (Wildman–Crippen MR) is 121 cm³/mol. The molecule has 0 radical (unpaired) electrons. The van der Waals surface area contributed by atoms with Crippen LogP contribution in [0.2, 0.25) is 0 Å². The number of phenols is 4. The zero-order valence-electron chi connectivity index (χ0n) is 18.2. The fourth-order valence-corrected chi connectivity index (χ4v) is 3.62. The summed E-state index contributed by atoms with van der Waals surface area (Å²) in [4.78, 5) is 0. The van der Waals surface area contributed by atoms with Crippen molar-refractivity contribution in [3.05, 3.63) is 76.9 Å². The van der Waals surface area contributed by atoms with Gasteiger partial charge in [-0.1, -0.05) is 32.0 Å². The number of hydrogen-bond acceptors (Lipinski definition) is 5. The Bertz CT molecular complexity index is 1040. The van der Waals surface area contributed by atoms with Gasteiger partial charge in [0.05, 0.1) is 0 Å². The number of benzene rings is 3. The first-order valence-electron chi connectivity index (χ1n) is 10.5. The molecule has 0 amide bonds. The Balaban J connectivity index is 1.58. The molecule has 0 aromatic heterocycles. The Labute approximate surface area is 183 Å². The van der Waals surface area contributed by atoms with Crippen LogP contribution in [0.15, 0.2) is 54.6 Å². The minimum absolute atomic E-state index is 0.0969. The van der Waals surface area contributed by atoms with Crippen LogP contribution in [0, 0.1) is 18.8 Å². The molecule has 4 N–H and O–H groups in total. The van der Waals surface area contributed by atoms with Gasteiger partial charge < -0.3 is 25.2 Å². The number of aryl methyl sites for hydroxylation is 1. The molecule has 0 heterocycles. The van der Waals surface area contributed by atoms with E-state index in [1.807, 2.05) is 25.1 Å². The lowest BCUT2D eigenvalue weighted by molar-refractivity contribution is 0.288. The number of aromatic hydroxyl groups is 4. The zero-order valence-corrected chi connectivity index (χ0v) is 18.2. The van der Waals surface area contributed by atoms with E-state index in [1.165, 1.54) is 6.07 Å². The molecule has 2 unspecified atom stereocenters. The maximum absolute atomic E-state index is 10.4. The van der Waals surface area contributed by atoms with Crippen molar-refractivity contribution in [1.29, 1.82) is 0 Å². The molecule has 5 heteroatoms. The molecule has 3 rings (SSSR count). The van der Waals surface area contributed by atoms with E-state index in [4.69, 9.17) is 4.74 Å². The molecule has 0 aliphatic rings. The Hall–Kier alpha value is -3.34. The summed E-state index contributed by atoms with van der Waals surface area (Å²) < 4.78 is 5.75. The van der Waals surface area contributed by atoms with E-state index >= 15 is 0 Å². The second-order valence-electron chi connectivity index (χ2n) is 8.40. The second kappa shape index (κ2) is 9.65. The molecule has 0 fully saturated rings. The monoisotopic (exact) mass is 422 g/mol. The van der Waals surface area contributed by atoms with Crippen LogP contribution in [0.25, 0.3) is 0 Å². The first-order valence-corrected chi connectivity index (χ1v) is 10.5. The summed E-state index contributed by atoms with van der Waals surface area (Å²) in [5.74, 6) is 1.28. The fourth-order valence-electron chi connectivity index (χ4n) is 3.62. The van der Waals surface area contributed by atoms with Gasteiger partial charge in [-0.2, -0.15) is 0 Å². The maximum Gasteiger partial charge on any atom is 0.161 e. The van der Waals surface area contributed by atoms with E-state index in [-0.39, 0.29) is 23.0 Å². The molecule has 0 saturated heterocycles. The van der Waals surface area contributed by atoms with Crippen molar-refractivity contribution in [1.82, 2.24) is 0 Å². The van der Waals surface area contributed by atoms with Crippen molar-refractivity contribution in [2.24, 2.45) is 11.8 Å². The number of rotatable bonds is 8. The summed E-state index contributed by atoms with van der Waals surface area (Å²) in [6, 6.07) is 15.7. The molecule has 0 spiro atoms. The van der Waals surface area contributed by atoms with Crippen LogP contribution >= 0.6 is 0 Å². The fraction of sp³-hybridized carbons (Fsp3) is 0.308. The van der Waals surface area contributed by atoms with Crippen LogP contribution in [-0.2, 0) is 19.4 Å². The van der Waals surface area contributed by atoms with Crippen LogP contribution in [0.4, 0.5) is 0 Å². The highest BCUT2D eigenvalue weighted by Crippen LogP contribution is 2.31. The molecule has 5 nitrogen and oxygen atoms in total. The van der Waals surface area contributed by atoms with E-state index in [2.05, 4.69) is 13.8 Å². The summed E-state index contributed by atoms with van der Waals surface area (Å²) >= 11 is 0. The van der Waals surface area contributed by atoms with Gasteiger partial charge in [0.2, 0.25) is 0 Å². The normalized spacial score (nSPS) is 13.0. The van der Waals surface area contributed by atoms with Gasteiger partial charge in [0.25, 0.3) is 0 Å². The minimum atomic E-state index is -0.109. The zero-order chi connectivity index (χ0) is 22.5. The summed E-state index contributed by atoms with van der Waals surface area (Å²) in [5.41, 5.74) is 3.71. The largest absolute Gasteiger partial charge is 0.508 e. The molecule has 0 aliphatic carbocycles. The van der Waals surface area contributed by atoms with E-state index in [1.54, 1.807) is 30.3 Å². The van der Waals surface area contributed by atoms with E-state index < -0.39 is 0 Å². The molecule has 2 atom stereocenters. The van der Waals surface area contributed by atoms with Crippen LogP contribution in [0.3, 0.4) is 0 Å². The lowest BCUT2D eigenvalue weighted by Crippen LogP contribution is -2.13. The first-order chi connectivity index (χ1) is 14.7. The lowest BCUT2D eigenvalue weighted by Gasteiger charge is -2.21. The molecular formula is C26H30O5. The van der Waals surface area contributed by atoms with Gasteiger partial charge >= 0.3 is 0 Å². The van der Waals surface area contributed by atoms with Gasteiger partial charge in [-0.3, -0.25) is 0 Å². The SMILES string of the molecule is Cc1cc(COc2ccc(CC(C)C(C)Cc3ccc(O)c(O)c3)cc2O)ccc1O. The summed E-state index contributed by atoms with van der Waals surface area (Å²) in [5, 5.41) is 39.2. The molecule has 3 aromatic rings. The van der Waals surface area contributed by atoms with Crippen LogP contribution < -0.4 is 4.74 Å². The molecule has 0 saturated carbocycles. The smallest absolute Gasteiger partial charge is 0.161 e. The van der Waals surface area contributed by atoms with Crippen LogP contribution in [0.5, 0.6) is 28.7 Å². The Morgan fingerprint density at radius 3 is 1.77 bits per heavy atom. The second-order valence-corrected chi connectivity index (χ2v) is 8.40. The maximum atomic E-state index is 10.4. The van der Waals surface area contributed by atoms with Crippen LogP contribution in [-0.4, -0.2) is 20.4 Å². The summed E-state index contributed by atoms with van der Waals surface area (Å²) in [6.07, 6.45) is 1.59. The van der Waals surface area contributed by atoms with Crippen molar-refractivity contribution in [3.8, 4) is 28.7 Å². The average molecular weight is 423 g/mol. The molecular weight excluding hydrogens is 392 g/mol. The highest BCUT2D eigenvalue weighted by molar-refractivity contribution is 5.43. The van der Waals surface area contributed by atoms with Crippen LogP contribution in [0.1, 0.15) is 36.1 Å². The number of ether oxygens (including phenoxy) is 1. The quantitative estimate of drug-likeness (QED) is 0.362. The third kappa shape index (κ3) is 5.85. The van der Waals surface area contributed by atoms with Gasteiger partial charge in [0.15, 0.2) is 23.0 Å². The van der Waals surface area contributed by atoms with Gasteiger partial charge in [-0.05, 0) is 90.3 Å². The Morgan fingerprint density at radius 2 is 1.19 bits per heavy atom. The van der Waals surface area contributed by atoms with Gasteiger partial charge in [0, 0.05) is 0 Å². The van der Waals surface area contributed by atoms with Crippen molar-refractivity contribution in [2.45, 2.75) is 40.2 Å². The number of phenolic OH excluding ortho intramolecular Hbond substituents is 4. The lowest BCUT2D eigenvalue weighted by atomic mass is 9.85. The average Bonchev–Trinajstić information content (AvgIpc) is 2.72. The Kier molecular flexibility index (Phi) is 6.95. The molecule has 0 bridgehead atoms. The highest BCUT2D eigenvalue weighted by Gasteiger charge is 2.16. The predicted octanol–water partition coefficient (Wildman–Crippen LogP) is 5.45. The summed E-state index contributed by atoms with van der Waals surface area (Å²) in [6.45, 7) is 6.46. The molecule has 0 aliphatic heterocycles. The van der Waals surface area contributed by atoms with E-state index in [0.29, 0.717) is 24.2 Å². The third-order valence-electron chi connectivity index (χ3n) is 5.81. The first kappa shape index (κ1) is 22.3. The van der Waals surface area contributed by atoms with Crippen molar-refractivity contribution >= 4 is 0 Å². The molecule has 164 valence electrons. The van der Waals surface area contributed by atoms with Gasteiger partial charge in [-0.25, -0.2) is 0 Å².